The van der Waals surface area contributed by atoms with Gasteiger partial charge in [0.2, 0.25) is 65.0 Å². The van der Waals surface area contributed by atoms with Crippen molar-refractivity contribution in [2.45, 2.75) is 188 Å². The fourth-order valence-corrected chi connectivity index (χ4v) is 15.4. The van der Waals surface area contributed by atoms with Crippen LogP contribution in [0.4, 0.5) is 0 Å². The molecule has 12 amide bonds. The van der Waals surface area contributed by atoms with Crippen molar-refractivity contribution in [2.75, 3.05) is 31.9 Å². The van der Waals surface area contributed by atoms with Gasteiger partial charge in [0.25, 0.3) is 5.91 Å². The Labute approximate surface area is 649 Å². The number of fused-ring (bicyclic) bond motifs is 6. The Morgan fingerprint density at radius 2 is 0.703 bits per heavy atom. The first-order chi connectivity index (χ1) is 53.7. The topological polar surface area (TPSA) is 542 Å². The highest BCUT2D eigenvalue weighted by atomic mass is 33.1. The molecule has 0 saturated carbocycles. The van der Waals surface area contributed by atoms with E-state index in [-0.39, 0.29) is 90.4 Å². The average molecular weight is 1570 g/mol. The van der Waals surface area contributed by atoms with Crippen molar-refractivity contribution in [3.8, 4) is 0 Å². The molecule has 4 aromatic heterocycles. The number of nitrogens with two attached hydrogens (primary N) is 4. The smallest absolute Gasteiger partial charge is 0.254 e. The molecule has 0 radical (unpaired) electrons. The van der Waals surface area contributed by atoms with Crippen LogP contribution in [0.25, 0.3) is 21.8 Å². The number of carbonyl (C=O) groups excluding carboxylic acids is 12. The molecule has 2 aliphatic heterocycles. The lowest BCUT2D eigenvalue weighted by atomic mass is 10.0. The number of hydrogen-bond acceptors (Lipinski definition) is 20. The predicted octanol–water partition coefficient (Wildman–Crippen LogP) is -0.672. The normalized spacial score (nSPS) is 23.8. The van der Waals surface area contributed by atoms with E-state index in [1.54, 1.807) is 85.2 Å². The minimum atomic E-state index is -1.77. The van der Waals surface area contributed by atoms with Crippen LogP contribution >= 0.6 is 21.6 Å². The summed E-state index contributed by atoms with van der Waals surface area (Å²) in [6.45, 7) is 2.21. The van der Waals surface area contributed by atoms with E-state index in [1.165, 1.54) is 32.0 Å². The highest BCUT2D eigenvalue weighted by Crippen LogP contribution is 2.29. The third-order valence-corrected chi connectivity index (χ3v) is 21.7. The van der Waals surface area contributed by atoms with Crippen LogP contribution in [0.5, 0.6) is 0 Å². The molecule has 3 aromatic carbocycles. The molecule has 24 N–H and O–H groups in total. The Hall–Kier alpha value is -10.7. The van der Waals surface area contributed by atoms with Gasteiger partial charge in [-0.3, -0.25) is 57.5 Å². The minimum Gasteiger partial charge on any atom is -0.361 e. The van der Waals surface area contributed by atoms with Gasteiger partial charge in [-0.1, -0.05) is 88.3 Å². The van der Waals surface area contributed by atoms with Gasteiger partial charge in [-0.15, -0.1) is 0 Å². The van der Waals surface area contributed by atoms with E-state index in [4.69, 9.17) is 22.9 Å². The average Bonchev–Trinajstić information content (AvgIpc) is 1.66. The zero-order valence-electron chi connectivity index (χ0n) is 61.9. The summed E-state index contributed by atoms with van der Waals surface area (Å²) in [5.41, 5.74) is 27.4. The summed E-state index contributed by atoms with van der Waals surface area (Å²) in [5, 5.41) is 33.1. The van der Waals surface area contributed by atoms with E-state index in [0.29, 0.717) is 106 Å². The molecule has 34 nitrogen and oxygen atoms in total. The van der Waals surface area contributed by atoms with E-state index in [2.05, 4.69) is 93.7 Å². The Bertz CT molecular complexity index is 4260. The molecule has 12 atom stereocenters. The number of amides is 12. The molecule has 0 unspecified atom stereocenters. The van der Waals surface area contributed by atoms with Crippen LogP contribution in [-0.2, 0) is 89.6 Å². The molecule has 9 rings (SSSR count). The second kappa shape index (κ2) is 43.1. The fourth-order valence-electron chi connectivity index (χ4n) is 13.0. The first-order valence-corrected chi connectivity index (χ1v) is 39.9. The van der Waals surface area contributed by atoms with Crippen molar-refractivity contribution in [3.63, 3.8) is 0 Å². The van der Waals surface area contributed by atoms with E-state index in [1.807, 2.05) is 6.07 Å². The van der Waals surface area contributed by atoms with Gasteiger partial charge in [0, 0.05) is 84.5 Å². The second-order valence-corrected chi connectivity index (χ2v) is 30.1. The van der Waals surface area contributed by atoms with Crippen LogP contribution in [0.15, 0.2) is 116 Å². The standard InChI is InChI=1S/C75H102N22O12S2/c1-43-63(98)87-53(23-9-13-27-76)64(99)88-54(24-10-14-28-77)65(100)89-55(25-11-15-29-78)66(101)92-59(33-46-37-83-52-22-8-6-20-50(46)52)72(107)97-75-74(109)90-56(26-12-16-30-79)67(102)94-60(34-47-38-80-41-84-47)70(105)91-57(31-44-17-3-2-4-18-44)68(103)95-61(35-48-39-81-42-85-48)71(106)93-58(32-45-36-82-51-21-7-5-19-49(45)51)69(104)96-62(40-110-111-75)73(108)86-43/h2-8,17-22,36-39,41-43,53-62,75,82-83H,9-16,23-35,40,76-79H2,1H3,(H,80,84)(H,81,85)(H,86,108)(H,87,98)(H,88,99)(H,89,100)(H,90,109)(H,91,105)(H,92,101)(H,93,106)(H,94,102)(H,95,103)(H,96,104)(H,97,107)/t43-,53-,54-,55-,56-,57+,58-,59-,60-,61-,62-,75-/m0/s1. The lowest BCUT2D eigenvalue weighted by molar-refractivity contribution is -0.136. The summed E-state index contributed by atoms with van der Waals surface area (Å²) < 4.78 is 0. The molecule has 2 fully saturated rings. The first-order valence-electron chi connectivity index (χ1n) is 37.5. The summed E-state index contributed by atoms with van der Waals surface area (Å²) in [6, 6.07) is 6.68. The number of hydrogen-bond donors (Lipinski definition) is 20. The highest BCUT2D eigenvalue weighted by Gasteiger charge is 2.39. The van der Waals surface area contributed by atoms with E-state index in [9.17, 15) is 14.4 Å². The Balaban J connectivity index is 1.19. The lowest BCUT2D eigenvalue weighted by Crippen LogP contribution is -2.62. The molecule has 0 aliphatic carbocycles. The largest absolute Gasteiger partial charge is 0.361 e. The van der Waals surface area contributed by atoms with Crippen molar-refractivity contribution >= 4 is 114 Å². The number of benzene rings is 3. The molecule has 0 spiro atoms. The number of aromatic nitrogens is 6. The van der Waals surface area contributed by atoms with Gasteiger partial charge < -0.3 is 107 Å². The van der Waals surface area contributed by atoms with E-state index >= 15 is 43.2 Å². The Kier molecular flexibility index (Phi) is 32.7. The molecule has 111 heavy (non-hydrogen) atoms. The quantitative estimate of drug-likeness (QED) is 0.0236. The number of aromatic amines is 4. The Morgan fingerprint density at radius 3 is 1.12 bits per heavy atom. The number of unbranched alkanes of at least 4 members (excludes halogenated alkanes) is 4. The van der Waals surface area contributed by atoms with Crippen LogP contribution in [0, 0.1) is 0 Å². The Morgan fingerprint density at radius 1 is 0.351 bits per heavy atom. The lowest BCUT2D eigenvalue weighted by Gasteiger charge is -2.29. The third kappa shape index (κ3) is 25.2. The van der Waals surface area contributed by atoms with Gasteiger partial charge >= 0.3 is 0 Å². The summed E-state index contributed by atoms with van der Waals surface area (Å²) in [4.78, 5) is 203. The van der Waals surface area contributed by atoms with Crippen molar-refractivity contribution < 1.29 is 57.5 Å². The molecule has 596 valence electrons. The van der Waals surface area contributed by atoms with Crippen LogP contribution in [0.2, 0.25) is 0 Å². The zero-order valence-corrected chi connectivity index (χ0v) is 63.5. The monoisotopic (exact) mass is 1570 g/mol. The molecule has 2 saturated heterocycles. The van der Waals surface area contributed by atoms with Gasteiger partial charge in [0.1, 0.15) is 66.5 Å². The van der Waals surface area contributed by atoms with E-state index < -0.39 is 148 Å². The number of H-pyrrole nitrogens is 4. The number of imidazole rings is 2. The summed E-state index contributed by atoms with van der Waals surface area (Å²) in [6.07, 6.45) is 10.7. The van der Waals surface area contributed by atoms with Crippen LogP contribution < -0.4 is 86.7 Å². The van der Waals surface area contributed by atoms with Crippen molar-refractivity contribution in [1.29, 1.82) is 0 Å². The van der Waals surface area contributed by atoms with Crippen LogP contribution in [0.1, 0.15) is 112 Å². The van der Waals surface area contributed by atoms with Crippen LogP contribution in [0.3, 0.4) is 0 Å². The number of rotatable bonds is 26. The molecule has 2 bridgehead atoms. The van der Waals surface area contributed by atoms with Crippen molar-refractivity contribution in [1.82, 2.24) is 93.7 Å². The molecule has 7 aromatic rings. The summed E-state index contributed by atoms with van der Waals surface area (Å²) >= 11 is 0. The fraction of sp³-hybridized carbons (Fsp3) is 0.467. The zero-order chi connectivity index (χ0) is 79.2. The molecular formula is C75H102N22O12S2. The third-order valence-electron chi connectivity index (χ3n) is 19.2. The number of para-hydroxylation sites is 2. The van der Waals surface area contributed by atoms with Crippen molar-refractivity contribution in [2.24, 2.45) is 22.9 Å². The van der Waals surface area contributed by atoms with Crippen LogP contribution in [-0.4, -0.2) is 205 Å². The summed E-state index contributed by atoms with van der Waals surface area (Å²) in [5.74, 6) is -11.2. The molecule has 2 aliphatic rings. The number of carbonyl (C=O) groups is 12. The maximum absolute atomic E-state index is 15.7. The number of nitrogens with one attached hydrogen (secondary N) is 16. The highest BCUT2D eigenvalue weighted by molar-refractivity contribution is 8.77. The van der Waals surface area contributed by atoms with Gasteiger partial charge in [-0.2, -0.15) is 0 Å². The van der Waals surface area contributed by atoms with E-state index in [0.717, 1.165) is 10.8 Å². The molecular weight excluding hydrogens is 1470 g/mol. The molecule has 36 heteroatoms. The SMILES string of the molecule is C[C@@H]1NC(=O)[C@@H]2CSS[C@H](NC(=O)[C@H](Cc3c[nH]c4ccccc34)NC(=O)[C@H](CCCCN)NC(=O)[C@H](CCCCN)NC(=O)[C@H](CCCCN)NC1=O)C(=O)N[C@@H](CCCCN)C(=O)N[C@@H](Cc1c[nH]cn1)C(=O)N[C@H](Cc1ccccc1)C(=O)N[C@@H](Cc1c[nH]cn1)C(=O)N[C@@H](Cc1c[nH]c3ccccc13)C(=O)N2. The summed E-state index contributed by atoms with van der Waals surface area (Å²) in [7, 11) is 1.47. The van der Waals surface area contributed by atoms with Crippen molar-refractivity contribution in [3.05, 3.63) is 144 Å². The first kappa shape index (κ1) is 84.4. The maximum Gasteiger partial charge on any atom is 0.254 e. The maximum atomic E-state index is 15.7. The number of nitrogens with zero attached hydrogens (tertiary/aromatic N) is 2. The van der Waals surface area contributed by atoms with Gasteiger partial charge in [0.05, 0.1) is 24.0 Å². The molecule has 6 heterocycles. The van der Waals surface area contributed by atoms with Gasteiger partial charge in [-0.25, -0.2) is 9.97 Å². The predicted molar refractivity (Wildman–Crippen MR) is 419 cm³/mol. The second-order valence-electron chi connectivity index (χ2n) is 27.6. The van der Waals surface area contributed by atoms with Gasteiger partial charge in [0.15, 0.2) is 5.37 Å². The van der Waals surface area contributed by atoms with Gasteiger partial charge in [-0.05, 0) is 139 Å². The minimum absolute atomic E-state index is 0.000245.